The van der Waals surface area contributed by atoms with Gasteiger partial charge in [0, 0.05) is 16.3 Å². The van der Waals surface area contributed by atoms with Crippen molar-refractivity contribution in [3.63, 3.8) is 0 Å². The number of hydrogen-bond donors (Lipinski definition) is 1. The van der Waals surface area contributed by atoms with Crippen LogP contribution in [0.1, 0.15) is 36.8 Å². The van der Waals surface area contributed by atoms with E-state index in [2.05, 4.69) is 101 Å². The third-order valence-electron chi connectivity index (χ3n) is 5.93. The Morgan fingerprint density at radius 1 is 1.00 bits per heavy atom. The van der Waals surface area contributed by atoms with Crippen LogP contribution < -0.4 is 5.32 Å². The Labute approximate surface area is 192 Å². The summed E-state index contributed by atoms with van der Waals surface area (Å²) in [7, 11) is 1.67. The van der Waals surface area contributed by atoms with Crippen LogP contribution in [0.3, 0.4) is 0 Å². The van der Waals surface area contributed by atoms with Gasteiger partial charge < -0.3 is 9.74 Å². The fourth-order valence-corrected chi connectivity index (χ4v) is 8.49. The van der Waals surface area contributed by atoms with Crippen LogP contribution in [-0.2, 0) is 10.0 Å². The van der Waals surface area contributed by atoms with Crippen molar-refractivity contribution < 1.29 is 4.43 Å². The van der Waals surface area contributed by atoms with E-state index in [1.54, 1.807) is 0 Å². The molecule has 0 bridgehead atoms. The van der Waals surface area contributed by atoms with Crippen LogP contribution in [0.2, 0.25) is 25.2 Å². The van der Waals surface area contributed by atoms with Crippen molar-refractivity contribution in [2.24, 2.45) is 0 Å². The first-order valence-electron chi connectivity index (χ1n) is 11.4. The first-order valence-corrected chi connectivity index (χ1v) is 16.3. The number of thioether (sulfide) groups is 1. The molecule has 0 saturated carbocycles. The molecule has 1 fully saturated rings. The molecule has 5 heteroatoms. The van der Waals surface area contributed by atoms with Crippen LogP contribution in [0.5, 0.6) is 0 Å². The Bertz CT molecular complexity index is 696. The molecule has 2 aromatic rings. The summed E-state index contributed by atoms with van der Waals surface area (Å²) in [5.74, 6) is 2.48. The molecule has 1 saturated heterocycles. The Balaban J connectivity index is 1.87. The second-order valence-electron chi connectivity index (χ2n) is 8.80. The summed E-state index contributed by atoms with van der Waals surface area (Å²) >= 11 is 2.08. The Hall–Kier alpha value is -0.856. The largest absolute Gasteiger partial charge is 0.402 e. The highest BCUT2D eigenvalue weighted by Crippen LogP contribution is 2.43. The number of nitrogens with one attached hydrogen (secondary N) is 1. The van der Waals surface area contributed by atoms with E-state index < -0.39 is 13.9 Å². The average Bonchev–Trinajstić information content (AvgIpc) is 3.31. The van der Waals surface area contributed by atoms with Crippen molar-refractivity contribution in [1.29, 1.82) is 0 Å². The second kappa shape index (κ2) is 11.7. The molecule has 1 atom stereocenters. The predicted molar refractivity (Wildman–Crippen MR) is 135 cm³/mol. The molecule has 1 aliphatic rings. The average molecular weight is 455 g/mol. The maximum Gasteiger partial charge on any atom is 0.188 e. The van der Waals surface area contributed by atoms with Gasteiger partial charge in [-0.15, -0.1) is 0 Å². The molecule has 1 aliphatic heterocycles. The lowest BCUT2D eigenvalue weighted by Crippen LogP contribution is -2.53. The summed E-state index contributed by atoms with van der Waals surface area (Å²) in [5, 5.41) is 3.80. The van der Waals surface area contributed by atoms with E-state index >= 15 is 0 Å². The molecule has 1 N–H and O–H groups in total. The van der Waals surface area contributed by atoms with Crippen LogP contribution in [0, 0.1) is 0 Å². The zero-order valence-electron chi connectivity index (χ0n) is 18.5. The Morgan fingerprint density at radius 2 is 1.60 bits per heavy atom. The first kappa shape index (κ1) is 23.8. The van der Waals surface area contributed by atoms with Gasteiger partial charge in [-0.2, -0.15) is 11.8 Å². The van der Waals surface area contributed by atoms with E-state index in [4.69, 9.17) is 4.43 Å². The SMILES string of the molecule is C[Si](C)(CCCSCCC[Si])OC(c1ccccc1)(c1ccccc1)[C@H]1CCCN1. The minimum absolute atomic E-state index is 0.308. The van der Waals surface area contributed by atoms with Crippen molar-refractivity contribution in [2.75, 3.05) is 18.1 Å². The highest BCUT2D eigenvalue weighted by Gasteiger charge is 2.47. The second-order valence-corrected chi connectivity index (χ2v) is 14.7. The van der Waals surface area contributed by atoms with Gasteiger partial charge >= 0.3 is 0 Å². The normalized spacial score (nSPS) is 17.4. The van der Waals surface area contributed by atoms with E-state index in [0.717, 1.165) is 19.0 Å². The van der Waals surface area contributed by atoms with E-state index in [9.17, 15) is 0 Å². The summed E-state index contributed by atoms with van der Waals surface area (Å²) in [5.41, 5.74) is 2.14. The maximum atomic E-state index is 7.37. The summed E-state index contributed by atoms with van der Waals surface area (Å²) in [6, 6.07) is 24.5. The fraction of sp³-hybridized carbons (Fsp3) is 0.520. The van der Waals surface area contributed by atoms with Crippen molar-refractivity contribution in [3.8, 4) is 0 Å². The topological polar surface area (TPSA) is 21.3 Å². The smallest absolute Gasteiger partial charge is 0.188 e. The fourth-order valence-electron chi connectivity index (χ4n) is 4.52. The van der Waals surface area contributed by atoms with Crippen molar-refractivity contribution >= 4 is 30.3 Å². The maximum absolute atomic E-state index is 7.37. The lowest BCUT2D eigenvalue weighted by molar-refractivity contribution is 0.0620. The van der Waals surface area contributed by atoms with E-state index in [0.29, 0.717) is 6.04 Å². The van der Waals surface area contributed by atoms with E-state index in [-0.39, 0.29) is 0 Å². The van der Waals surface area contributed by atoms with Crippen LogP contribution in [0.25, 0.3) is 0 Å². The first-order chi connectivity index (χ1) is 14.6. The van der Waals surface area contributed by atoms with Gasteiger partial charge in [-0.25, -0.2) is 0 Å². The third-order valence-corrected chi connectivity index (χ3v) is 9.87. The highest BCUT2D eigenvalue weighted by molar-refractivity contribution is 7.99. The molecule has 2 aromatic carbocycles. The van der Waals surface area contributed by atoms with Crippen LogP contribution in [-0.4, -0.2) is 42.7 Å². The van der Waals surface area contributed by atoms with Gasteiger partial charge in [0.15, 0.2) is 8.32 Å². The van der Waals surface area contributed by atoms with Crippen LogP contribution in [0.15, 0.2) is 60.7 Å². The number of hydrogen-bond acceptors (Lipinski definition) is 3. The van der Waals surface area contributed by atoms with Gasteiger partial charge in [-0.3, -0.25) is 0 Å². The van der Waals surface area contributed by atoms with Crippen molar-refractivity contribution in [2.45, 2.75) is 62.5 Å². The molecule has 0 amide bonds. The Kier molecular flexibility index (Phi) is 9.26. The third kappa shape index (κ3) is 6.10. The predicted octanol–water partition coefficient (Wildman–Crippen LogP) is 6.00. The zero-order chi connectivity index (χ0) is 21.3. The van der Waals surface area contributed by atoms with Gasteiger partial charge in [-0.1, -0.05) is 66.7 Å². The minimum atomic E-state index is -1.90. The molecular weight excluding hydrogens is 419 g/mol. The number of rotatable bonds is 12. The minimum Gasteiger partial charge on any atom is -0.402 e. The summed E-state index contributed by atoms with van der Waals surface area (Å²) in [6.07, 6.45) is 4.85. The van der Waals surface area contributed by atoms with Crippen molar-refractivity contribution in [1.82, 2.24) is 5.32 Å². The molecule has 2 nitrogen and oxygen atoms in total. The summed E-state index contributed by atoms with van der Waals surface area (Å²) in [6.45, 7) is 5.89. The molecule has 0 spiro atoms. The summed E-state index contributed by atoms with van der Waals surface area (Å²) < 4.78 is 7.37. The van der Waals surface area contributed by atoms with E-state index in [1.165, 1.54) is 47.9 Å². The lowest BCUT2D eigenvalue weighted by atomic mass is 9.79. The molecule has 30 heavy (non-hydrogen) atoms. The van der Waals surface area contributed by atoms with Crippen LogP contribution in [0.4, 0.5) is 0 Å². The van der Waals surface area contributed by atoms with Crippen LogP contribution >= 0.6 is 11.8 Å². The monoisotopic (exact) mass is 454 g/mol. The molecule has 0 unspecified atom stereocenters. The quantitative estimate of drug-likeness (QED) is 0.314. The molecule has 3 rings (SSSR count). The van der Waals surface area contributed by atoms with E-state index in [1.807, 2.05) is 0 Å². The standard InChI is InChI=1S/C25H36NOSSi2/c1-30(2,21-11-19-28-18-10-20-29)27-25(24-16-9-17-26-24,22-12-5-3-6-13-22)23-14-7-4-8-15-23/h3-8,12-15,24,26H,9-11,16-21H2,1-2H3/t24-/m1/s1. The molecule has 0 aromatic heterocycles. The Morgan fingerprint density at radius 3 is 2.13 bits per heavy atom. The molecular formula is C25H36NOSSi2. The lowest BCUT2D eigenvalue weighted by Gasteiger charge is -2.45. The molecule has 1 heterocycles. The number of benzene rings is 2. The van der Waals surface area contributed by atoms with Gasteiger partial charge in [0.1, 0.15) is 5.60 Å². The zero-order valence-corrected chi connectivity index (χ0v) is 21.3. The van der Waals surface area contributed by atoms with Gasteiger partial charge in [0.05, 0.1) is 0 Å². The van der Waals surface area contributed by atoms with Gasteiger partial charge in [0.2, 0.25) is 0 Å². The molecule has 161 valence electrons. The molecule has 3 radical (unpaired) electrons. The van der Waals surface area contributed by atoms with Crippen molar-refractivity contribution in [3.05, 3.63) is 71.8 Å². The van der Waals surface area contributed by atoms with Gasteiger partial charge in [-0.05, 0) is 74.0 Å². The van der Waals surface area contributed by atoms with Gasteiger partial charge in [0.25, 0.3) is 0 Å². The summed E-state index contributed by atoms with van der Waals surface area (Å²) in [4.78, 5) is 0. The highest BCUT2D eigenvalue weighted by atomic mass is 32.2. The molecule has 0 aliphatic carbocycles.